The van der Waals surface area contributed by atoms with Crippen LogP contribution in [0.3, 0.4) is 0 Å². The highest BCUT2D eigenvalue weighted by Crippen LogP contribution is 2.26. The van der Waals surface area contributed by atoms with E-state index in [1.54, 1.807) is 42.5 Å². The largest absolute Gasteiger partial charge is 0.493 e. The molecule has 0 fully saturated rings. The van der Waals surface area contributed by atoms with Gasteiger partial charge in [-0.15, -0.1) is 5.11 Å². The summed E-state index contributed by atoms with van der Waals surface area (Å²) in [5.41, 5.74) is 0.530. The molecule has 0 aliphatic carbocycles. The molecule has 0 atom stereocenters. The van der Waals surface area contributed by atoms with Gasteiger partial charge in [0.1, 0.15) is 11.6 Å². The van der Waals surface area contributed by atoms with Gasteiger partial charge in [-0.05, 0) is 36.8 Å². The molecule has 0 bridgehead atoms. The smallest absolute Gasteiger partial charge is 0.297 e. The molecule has 0 radical (unpaired) electrons. The van der Waals surface area contributed by atoms with Crippen LogP contribution in [0.1, 0.15) is 16.7 Å². The van der Waals surface area contributed by atoms with Crippen LogP contribution in [0.5, 0.6) is 5.88 Å². The second-order valence-corrected chi connectivity index (χ2v) is 8.16. The van der Waals surface area contributed by atoms with Gasteiger partial charge in [0.2, 0.25) is 5.88 Å². The highest BCUT2D eigenvalue weighted by Gasteiger charge is 2.17. The molecular formula is C21H18N4O5S. The van der Waals surface area contributed by atoms with Crippen molar-refractivity contribution in [2.45, 2.75) is 18.4 Å². The normalized spacial score (nSPS) is 11.5. The first-order chi connectivity index (χ1) is 14.7. The standard InChI is InChI=1S/C21H18N4O5S/c1-14-18(12-22)20(26)25(2)21(27)19(14)24-23-16-10-8-15(9-11-16)13-30-31(28,29)17-6-4-3-5-7-17/h3-11,26H,13H2,1-2H3. The number of azo groups is 1. The summed E-state index contributed by atoms with van der Waals surface area (Å²) in [5.74, 6) is -0.432. The van der Waals surface area contributed by atoms with Crippen molar-refractivity contribution in [3.05, 3.63) is 81.6 Å². The van der Waals surface area contributed by atoms with E-state index in [1.165, 1.54) is 26.1 Å². The first kappa shape index (κ1) is 21.9. The van der Waals surface area contributed by atoms with E-state index in [2.05, 4.69) is 10.2 Å². The van der Waals surface area contributed by atoms with Gasteiger partial charge in [0.15, 0.2) is 5.69 Å². The minimum atomic E-state index is -3.86. The van der Waals surface area contributed by atoms with E-state index in [0.29, 0.717) is 11.3 Å². The molecule has 1 heterocycles. The van der Waals surface area contributed by atoms with E-state index < -0.39 is 21.6 Å². The van der Waals surface area contributed by atoms with Crippen LogP contribution in [0.2, 0.25) is 0 Å². The SMILES string of the molecule is Cc1c(C#N)c(O)n(C)c(=O)c1N=Nc1ccc(COS(=O)(=O)c2ccccc2)cc1. The summed E-state index contributed by atoms with van der Waals surface area (Å²) in [4.78, 5) is 12.4. The van der Waals surface area contributed by atoms with E-state index in [4.69, 9.17) is 4.18 Å². The second kappa shape index (κ2) is 8.91. The Bertz CT molecular complexity index is 1340. The summed E-state index contributed by atoms with van der Waals surface area (Å²) in [5, 5.41) is 27.0. The lowest BCUT2D eigenvalue weighted by atomic mass is 10.1. The molecule has 0 aliphatic rings. The van der Waals surface area contributed by atoms with Gasteiger partial charge in [0, 0.05) is 12.6 Å². The number of pyridine rings is 1. The van der Waals surface area contributed by atoms with Gasteiger partial charge >= 0.3 is 0 Å². The third-order valence-corrected chi connectivity index (χ3v) is 5.78. The van der Waals surface area contributed by atoms with Crippen LogP contribution < -0.4 is 5.56 Å². The van der Waals surface area contributed by atoms with Gasteiger partial charge < -0.3 is 5.11 Å². The van der Waals surface area contributed by atoms with Gasteiger partial charge in [0.25, 0.3) is 15.7 Å². The summed E-state index contributed by atoms with van der Waals surface area (Å²) < 4.78 is 30.3. The zero-order valence-electron chi connectivity index (χ0n) is 16.7. The highest BCUT2D eigenvalue weighted by atomic mass is 32.2. The Morgan fingerprint density at radius 3 is 2.35 bits per heavy atom. The van der Waals surface area contributed by atoms with Crippen molar-refractivity contribution in [3.63, 3.8) is 0 Å². The molecule has 0 saturated carbocycles. The summed E-state index contributed by atoms with van der Waals surface area (Å²) >= 11 is 0. The maximum absolute atomic E-state index is 12.3. The molecule has 0 aliphatic heterocycles. The molecule has 0 unspecified atom stereocenters. The van der Waals surface area contributed by atoms with E-state index >= 15 is 0 Å². The van der Waals surface area contributed by atoms with E-state index in [-0.39, 0.29) is 28.3 Å². The fourth-order valence-corrected chi connectivity index (χ4v) is 3.61. The minimum Gasteiger partial charge on any atom is -0.493 e. The number of nitrogens with zero attached hydrogens (tertiary/aromatic N) is 4. The fraction of sp³-hybridized carbons (Fsp3) is 0.143. The zero-order chi connectivity index (χ0) is 22.6. The number of benzene rings is 2. The van der Waals surface area contributed by atoms with Gasteiger partial charge in [-0.25, -0.2) is 0 Å². The monoisotopic (exact) mass is 438 g/mol. The van der Waals surface area contributed by atoms with Crippen LogP contribution in [-0.4, -0.2) is 18.1 Å². The average molecular weight is 438 g/mol. The quantitative estimate of drug-likeness (QED) is 0.462. The summed E-state index contributed by atoms with van der Waals surface area (Å²) in [6.07, 6.45) is 0. The Morgan fingerprint density at radius 1 is 1.10 bits per heavy atom. The highest BCUT2D eigenvalue weighted by molar-refractivity contribution is 7.86. The molecule has 9 nitrogen and oxygen atoms in total. The van der Waals surface area contributed by atoms with E-state index in [1.807, 2.05) is 6.07 Å². The number of hydrogen-bond acceptors (Lipinski definition) is 8. The van der Waals surface area contributed by atoms with Crippen molar-refractivity contribution in [3.8, 4) is 11.9 Å². The fourth-order valence-electron chi connectivity index (χ4n) is 2.69. The molecule has 1 aromatic heterocycles. The molecule has 10 heteroatoms. The van der Waals surface area contributed by atoms with Crippen LogP contribution in [0.15, 0.2) is 74.5 Å². The van der Waals surface area contributed by atoms with Crippen LogP contribution >= 0.6 is 0 Å². The third-order valence-electron chi connectivity index (χ3n) is 4.50. The summed E-state index contributed by atoms with van der Waals surface area (Å²) in [7, 11) is -2.54. The van der Waals surface area contributed by atoms with Crippen LogP contribution in [-0.2, 0) is 28.0 Å². The molecule has 3 aromatic rings. The molecule has 31 heavy (non-hydrogen) atoms. The second-order valence-electron chi connectivity index (χ2n) is 6.54. The summed E-state index contributed by atoms with van der Waals surface area (Å²) in [6, 6.07) is 16.1. The Balaban J connectivity index is 1.76. The minimum absolute atomic E-state index is 0.0526. The molecule has 3 rings (SSSR count). The zero-order valence-corrected chi connectivity index (χ0v) is 17.5. The number of aromatic nitrogens is 1. The van der Waals surface area contributed by atoms with Crippen molar-refractivity contribution in [1.82, 2.24) is 4.57 Å². The van der Waals surface area contributed by atoms with Crippen LogP contribution in [0.4, 0.5) is 11.4 Å². The Hall–Kier alpha value is -3.81. The van der Waals surface area contributed by atoms with E-state index in [0.717, 1.165) is 4.57 Å². The summed E-state index contributed by atoms with van der Waals surface area (Å²) in [6.45, 7) is 1.35. The van der Waals surface area contributed by atoms with Gasteiger partial charge in [-0.1, -0.05) is 30.3 Å². The Kier molecular flexibility index (Phi) is 6.29. The molecule has 158 valence electrons. The number of nitriles is 1. The van der Waals surface area contributed by atoms with Crippen LogP contribution in [0, 0.1) is 18.3 Å². The van der Waals surface area contributed by atoms with Crippen molar-refractivity contribution >= 4 is 21.5 Å². The molecule has 2 aromatic carbocycles. The lowest BCUT2D eigenvalue weighted by Crippen LogP contribution is -2.18. The predicted molar refractivity (Wildman–Crippen MR) is 112 cm³/mol. The number of rotatable bonds is 6. The van der Waals surface area contributed by atoms with Gasteiger partial charge in [-0.3, -0.25) is 13.5 Å². The van der Waals surface area contributed by atoms with Crippen molar-refractivity contribution in [2.75, 3.05) is 0 Å². The van der Waals surface area contributed by atoms with Crippen molar-refractivity contribution < 1.29 is 17.7 Å². The first-order valence-corrected chi connectivity index (χ1v) is 10.4. The number of aromatic hydroxyl groups is 1. The molecule has 0 amide bonds. The maximum atomic E-state index is 12.3. The van der Waals surface area contributed by atoms with Crippen molar-refractivity contribution in [2.24, 2.45) is 17.3 Å². The maximum Gasteiger partial charge on any atom is 0.297 e. The topological polar surface area (TPSA) is 134 Å². The number of hydrogen-bond donors (Lipinski definition) is 1. The average Bonchev–Trinajstić information content (AvgIpc) is 2.78. The van der Waals surface area contributed by atoms with E-state index in [9.17, 15) is 23.6 Å². The molecule has 1 N–H and O–H groups in total. The lowest BCUT2D eigenvalue weighted by Gasteiger charge is -2.08. The third kappa shape index (κ3) is 4.69. The first-order valence-electron chi connectivity index (χ1n) is 9.02. The van der Waals surface area contributed by atoms with Crippen LogP contribution in [0.25, 0.3) is 0 Å². The van der Waals surface area contributed by atoms with Gasteiger partial charge in [0.05, 0.1) is 17.2 Å². The molecule has 0 saturated heterocycles. The molecular weight excluding hydrogens is 420 g/mol. The van der Waals surface area contributed by atoms with Gasteiger partial charge in [-0.2, -0.15) is 18.8 Å². The molecule has 0 spiro atoms. The lowest BCUT2D eigenvalue weighted by molar-refractivity contribution is 0.308. The van der Waals surface area contributed by atoms with Crippen molar-refractivity contribution in [1.29, 1.82) is 5.26 Å². The Morgan fingerprint density at radius 2 is 1.74 bits per heavy atom. The predicted octanol–water partition coefficient (Wildman–Crippen LogP) is 3.59. The Labute approximate surface area is 178 Å².